The number of nitrogens with zero attached hydrogens (tertiary/aromatic N) is 3. The van der Waals surface area contributed by atoms with Crippen LogP contribution in [0.3, 0.4) is 0 Å². The number of hydrogen-bond donors (Lipinski definition) is 0. The summed E-state index contributed by atoms with van der Waals surface area (Å²) >= 11 is 0. The Morgan fingerprint density at radius 3 is 2.59 bits per heavy atom. The van der Waals surface area contributed by atoms with Crippen molar-refractivity contribution in [3.63, 3.8) is 0 Å². The van der Waals surface area contributed by atoms with Crippen LogP contribution < -0.4 is 0 Å². The van der Waals surface area contributed by atoms with Crippen LogP contribution in [0.5, 0.6) is 0 Å². The van der Waals surface area contributed by atoms with Crippen molar-refractivity contribution >= 4 is 5.91 Å². The van der Waals surface area contributed by atoms with Crippen molar-refractivity contribution < 1.29 is 9.21 Å². The summed E-state index contributed by atoms with van der Waals surface area (Å²) in [6, 6.07) is 17.8. The molecule has 4 aromatic rings. The first-order valence-corrected chi connectivity index (χ1v) is 9.55. The molecule has 0 saturated carbocycles. The maximum atomic E-state index is 13.3. The van der Waals surface area contributed by atoms with Crippen molar-refractivity contribution in [2.45, 2.75) is 20.0 Å². The lowest BCUT2D eigenvalue weighted by molar-refractivity contribution is 0.0765. The number of rotatable bonds is 6. The lowest BCUT2D eigenvalue weighted by Crippen LogP contribution is -2.28. The summed E-state index contributed by atoms with van der Waals surface area (Å²) in [6.07, 6.45) is 7.18. The molecule has 0 N–H and O–H groups in total. The van der Waals surface area contributed by atoms with Crippen LogP contribution in [0.2, 0.25) is 0 Å². The fourth-order valence-corrected chi connectivity index (χ4v) is 3.40. The molecule has 1 amide bonds. The Kier molecular flexibility index (Phi) is 5.29. The molecule has 0 aliphatic rings. The van der Waals surface area contributed by atoms with E-state index >= 15 is 0 Å². The highest BCUT2D eigenvalue weighted by atomic mass is 16.3. The third kappa shape index (κ3) is 4.14. The highest BCUT2D eigenvalue weighted by Crippen LogP contribution is 2.24. The molecule has 4 rings (SSSR count). The summed E-state index contributed by atoms with van der Waals surface area (Å²) in [5.41, 5.74) is 5.07. The Morgan fingerprint density at radius 2 is 1.86 bits per heavy atom. The topological polar surface area (TPSA) is 51.3 Å². The molecule has 0 radical (unpaired) electrons. The van der Waals surface area contributed by atoms with Gasteiger partial charge in [0.05, 0.1) is 12.8 Å². The van der Waals surface area contributed by atoms with Crippen LogP contribution in [0.1, 0.15) is 27.4 Å². The number of carbonyl (C=O) groups is 1. The van der Waals surface area contributed by atoms with Gasteiger partial charge in [-0.25, -0.2) is 0 Å². The first-order chi connectivity index (χ1) is 14.1. The van der Waals surface area contributed by atoms with Gasteiger partial charge in [0.25, 0.3) is 5.91 Å². The summed E-state index contributed by atoms with van der Waals surface area (Å²) in [7, 11) is 1.79. The SMILES string of the molecule is Cc1ccccc1Cn1cc(-c2ccncc2)cc1C(=O)N(C)Cc1ccco1. The third-order valence-corrected chi connectivity index (χ3v) is 5.05. The molecule has 0 aliphatic heterocycles. The van der Waals surface area contributed by atoms with E-state index in [1.165, 1.54) is 11.1 Å². The fraction of sp³-hybridized carbons (Fsp3) is 0.167. The molecule has 29 heavy (non-hydrogen) atoms. The normalized spacial score (nSPS) is 10.8. The van der Waals surface area contributed by atoms with Crippen molar-refractivity contribution in [1.82, 2.24) is 14.5 Å². The molecule has 146 valence electrons. The Bertz CT molecular complexity index is 1100. The number of carbonyl (C=O) groups excluding carboxylic acids is 1. The van der Waals surface area contributed by atoms with Gasteiger partial charge in [-0.2, -0.15) is 0 Å². The molecule has 0 unspecified atom stereocenters. The zero-order chi connectivity index (χ0) is 20.2. The predicted molar refractivity (Wildman–Crippen MR) is 112 cm³/mol. The molecule has 0 saturated heterocycles. The van der Waals surface area contributed by atoms with Crippen LogP contribution in [0.4, 0.5) is 0 Å². The van der Waals surface area contributed by atoms with E-state index < -0.39 is 0 Å². The molecule has 1 aromatic carbocycles. The molecule has 0 atom stereocenters. The quantitative estimate of drug-likeness (QED) is 0.480. The Labute approximate surface area is 170 Å². The van der Waals surface area contributed by atoms with Gasteiger partial charge in [-0.1, -0.05) is 24.3 Å². The van der Waals surface area contributed by atoms with Gasteiger partial charge in [0.1, 0.15) is 11.5 Å². The molecule has 3 heterocycles. The number of furan rings is 1. The first-order valence-electron chi connectivity index (χ1n) is 9.55. The minimum absolute atomic E-state index is 0.0460. The Hall–Kier alpha value is -3.60. The van der Waals surface area contributed by atoms with Gasteiger partial charge in [0.15, 0.2) is 0 Å². The van der Waals surface area contributed by atoms with Gasteiger partial charge in [-0.3, -0.25) is 9.78 Å². The van der Waals surface area contributed by atoms with Crippen molar-refractivity contribution in [1.29, 1.82) is 0 Å². The monoisotopic (exact) mass is 385 g/mol. The van der Waals surface area contributed by atoms with Crippen LogP contribution in [0.15, 0.2) is 83.9 Å². The van der Waals surface area contributed by atoms with Gasteiger partial charge < -0.3 is 13.9 Å². The molecule has 0 spiro atoms. The van der Waals surface area contributed by atoms with Crippen molar-refractivity contribution in [2.75, 3.05) is 7.05 Å². The molecule has 5 nitrogen and oxygen atoms in total. The van der Waals surface area contributed by atoms with E-state index in [4.69, 9.17) is 4.42 Å². The molecule has 5 heteroatoms. The summed E-state index contributed by atoms with van der Waals surface area (Å²) in [4.78, 5) is 19.0. The molecule has 3 aromatic heterocycles. The second kappa shape index (κ2) is 8.19. The number of aryl methyl sites for hydroxylation is 1. The van der Waals surface area contributed by atoms with E-state index in [2.05, 4.69) is 24.0 Å². The lowest BCUT2D eigenvalue weighted by Gasteiger charge is -2.18. The molecular weight excluding hydrogens is 362 g/mol. The van der Waals surface area contributed by atoms with Gasteiger partial charge in [0, 0.05) is 37.7 Å². The van der Waals surface area contributed by atoms with Gasteiger partial charge >= 0.3 is 0 Å². The van der Waals surface area contributed by atoms with Crippen LogP contribution in [-0.4, -0.2) is 27.4 Å². The smallest absolute Gasteiger partial charge is 0.270 e. The fourth-order valence-electron chi connectivity index (χ4n) is 3.40. The summed E-state index contributed by atoms with van der Waals surface area (Å²) in [5, 5.41) is 0. The van der Waals surface area contributed by atoms with Crippen molar-refractivity contribution in [2.24, 2.45) is 0 Å². The van der Waals surface area contributed by atoms with Gasteiger partial charge in [-0.15, -0.1) is 0 Å². The predicted octanol–water partition coefficient (Wildman–Crippen LogP) is 4.77. The van der Waals surface area contributed by atoms with E-state index in [1.54, 1.807) is 30.6 Å². The van der Waals surface area contributed by atoms with Crippen molar-refractivity contribution in [3.05, 3.63) is 102 Å². The van der Waals surface area contributed by atoms with Crippen LogP contribution >= 0.6 is 0 Å². The number of amides is 1. The standard InChI is InChI=1S/C24H23N3O2/c1-18-6-3-4-7-20(18)15-27-16-21(19-9-11-25-12-10-19)14-23(27)24(28)26(2)17-22-8-5-13-29-22/h3-14,16H,15,17H2,1-2H3. The first kappa shape index (κ1) is 18.7. The second-order valence-electron chi connectivity index (χ2n) is 7.14. The van der Waals surface area contributed by atoms with E-state index in [0.717, 1.165) is 16.9 Å². The van der Waals surface area contributed by atoms with E-state index in [0.29, 0.717) is 18.8 Å². The minimum atomic E-state index is -0.0460. The highest BCUT2D eigenvalue weighted by molar-refractivity contribution is 5.94. The van der Waals surface area contributed by atoms with E-state index in [9.17, 15) is 4.79 Å². The average molecular weight is 385 g/mol. The number of benzene rings is 1. The second-order valence-corrected chi connectivity index (χ2v) is 7.14. The number of aromatic nitrogens is 2. The number of hydrogen-bond acceptors (Lipinski definition) is 3. The van der Waals surface area contributed by atoms with E-state index in [1.807, 2.05) is 53.2 Å². The Balaban J connectivity index is 1.69. The molecular formula is C24H23N3O2. The summed E-state index contributed by atoms with van der Waals surface area (Å²) < 4.78 is 7.43. The zero-order valence-corrected chi connectivity index (χ0v) is 16.6. The molecule has 0 bridgehead atoms. The largest absolute Gasteiger partial charge is 0.467 e. The summed E-state index contributed by atoms with van der Waals surface area (Å²) in [5.74, 6) is 0.711. The van der Waals surface area contributed by atoms with Crippen molar-refractivity contribution in [3.8, 4) is 11.1 Å². The van der Waals surface area contributed by atoms with E-state index in [-0.39, 0.29) is 5.91 Å². The summed E-state index contributed by atoms with van der Waals surface area (Å²) in [6.45, 7) is 3.15. The maximum Gasteiger partial charge on any atom is 0.270 e. The Morgan fingerprint density at radius 1 is 1.07 bits per heavy atom. The minimum Gasteiger partial charge on any atom is -0.467 e. The lowest BCUT2D eigenvalue weighted by atomic mass is 10.1. The van der Waals surface area contributed by atoms with Gasteiger partial charge in [0.2, 0.25) is 0 Å². The highest BCUT2D eigenvalue weighted by Gasteiger charge is 2.20. The third-order valence-electron chi connectivity index (χ3n) is 5.05. The average Bonchev–Trinajstić information content (AvgIpc) is 3.40. The van der Waals surface area contributed by atoms with Crippen LogP contribution in [0, 0.1) is 6.92 Å². The van der Waals surface area contributed by atoms with Crippen LogP contribution in [-0.2, 0) is 13.1 Å². The molecule has 0 fully saturated rings. The van der Waals surface area contributed by atoms with Gasteiger partial charge in [-0.05, 0) is 53.9 Å². The van der Waals surface area contributed by atoms with Crippen LogP contribution in [0.25, 0.3) is 11.1 Å². The zero-order valence-electron chi connectivity index (χ0n) is 16.6. The number of pyridine rings is 1. The molecule has 0 aliphatic carbocycles. The maximum absolute atomic E-state index is 13.3.